The molecule has 0 saturated carbocycles. The van der Waals surface area contributed by atoms with Gasteiger partial charge in [-0.25, -0.2) is 0 Å². The number of hydrogen-bond acceptors (Lipinski definition) is 6. The Labute approximate surface area is 181 Å². The van der Waals surface area contributed by atoms with Gasteiger partial charge in [-0.2, -0.15) is 0 Å². The quantitative estimate of drug-likeness (QED) is 0.701. The molecule has 162 valence electrons. The molecular weight excluding hydrogens is 372 g/mol. The summed E-state index contributed by atoms with van der Waals surface area (Å²) in [5.41, 5.74) is 4.48. The second-order valence-electron chi connectivity index (χ2n) is 8.52. The van der Waals surface area contributed by atoms with E-state index in [-0.39, 0.29) is 0 Å². The number of rotatable bonds is 7. The second-order valence-corrected chi connectivity index (χ2v) is 8.52. The highest BCUT2D eigenvalue weighted by Gasteiger charge is 2.17. The van der Waals surface area contributed by atoms with Crippen molar-refractivity contribution in [2.24, 2.45) is 0 Å². The number of hydrogen-bond donors (Lipinski definition) is 0. The molecule has 2 aromatic heterocycles. The van der Waals surface area contributed by atoms with E-state index in [1.165, 1.54) is 37.3 Å². The maximum atomic E-state index is 4.69. The van der Waals surface area contributed by atoms with Crippen molar-refractivity contribution >= 4 is 0 Å². The van der Waals surface area contributed by atoms with E-state index >= 15 is 0 Å². The second kappa shape index (κ2) is 10.4. The molecule has 30 heavy (non-hydrogen) atoms. The summed E-state index contributed by atoms with van der Waals surface area (Å²) >= 11 is 0. The molecule has 2 aromatic rings. The van der Waals surface area contributed by atoms with Gasteiger partial charge in [0.2, 0.25) is 0 Å². The molecule has 0 unspecified atom stereocenters. The molecule has 6 heteroatoms. The third-order valence-corrected chi connectivity index (χ3v) is 6.55. The highest BCUT2D eigenvalue weighted by atomic mass is 15.3. The van der Waals surface area contributed by atoms with Gasteiger partial charge in [0.1, 0.15) is 0 Å². The average molecular weight is 409 g/mol. The molecule has 2 saturated heterocycles. The highest BCUT2D eigenvalue weighted by molar-refractivity contribution is 5.54. The van der Waals surface area contributed by atoms with Crippen LogP contribution in [-0.2, 0) is 13.1 Å². The van der Waals surface area contributed by atoms with E-state index in [1.807, 2.05) is 12.4 Å². The normalized spacial score (nSPS) is 19.9. The summed E-state index contributed by atoms with van der Waals surface area (Å²) in [5, 5.41) is 0. The minimum Gasteiger partial charge on any atom is -0.301 e. The number of piperazine rings is 2. The zero-order chi connectivity index (χ0) is 20.8. The van der Waals surface area contributed by atoms with Crippen LogP contribution in [0.5, 0.6) is 0 Å². The first-order chi connectivity index (χ1) is 14.7. The Balaban J connectivity index is 1.29. The van der Waals surface area contributed by atoms with Gasteiger partial charge in [-0.15, -0.1) is 0 Å². The van der Waals surface area contributed by atoms with Crippen LogP contribution in [0.15, 0.2) is 36.7 Å². The summed E-state index contributed by atoms with van der Waals surface area (Å²) < 4.78 is 0. The van der Waals surface area contributed by atoms with Gasteiger partial charge in [0.05, 0.1) is 11.4 Å². The molecule has 2 aliphatic heterocycles. The van der Waals surface area contributed by atoms with Gasteiger partial charge in [0.25, 0.3) is 0 Å². The first-order valence-electron chi connectivity index (χ1n) is 11.5. The van der Waals surface area contributed by atoms with E-state index in [0.717, 1.165) is 63.7 Å². The minimum atomic E-state index is 0.956. The first kappa shape index (κ1) is 21.4. The standard InChI is InChI=1S/C24H36N6/c1-3-27-9-13-29(14-10-27)19-21-5-7-23(25-17-21)24-8-6-22(18-26-24)20-30-15-11-28(4-2)12-16-30/h5-8,17-18H,3-4,9-16,19-20H2,1-2H3. The lowest BCUT2D eigenvalue weighted by Crippen LogP contribution is -2.45. The van der Waals surface area contributed by atoms with Crippen LogP contribution in [0.1, 0.15) is 25.0 Å². The number of pyridine rings is 2. The fourth-order valence-corrected chi connectivity index (χ4v) is 4.38. The van der Waals surface area contributed by atoms with Crippen molar-refractivity contribution < 1.29 is 0 Å². The summed E-state index contributed by atoms with van der Waals surface area (Å²) in [5.74, 6) is 0. The number of nitrogens with zero attached hydrogens (tertiary/aromatic N) is 6. The van der Waals surface area contributed by atoms with Gasteiger partial charge in [0.15, 0.2) is 0 Å². The lowest BCUT2D eigenvalue weighted by Gasteiger charge is -2.34. The molecule has 2 aliphatic rings. The Kier molecular flexibility index (Phi) is 7.44. The third-order valence-electron chi connectivity index (χ3n) is 6.55. The molecule has 0 spiro atoms. The topological polar surface area (TPSA) is 38.7 Å². The van der Waals surface area contributed by atoms with Gasteiger partial charge in [-0.05, 0) is 36.3 Å². The maximum Gasteiger partial charge on any atom is 0.0886 e. The van der Waals surface area contributed by atoms with Crippen LogP contribution in [-0.4, -0.2) is 95.0 Å². The van der Waals surface area contributed by atoms with E-state index in [4.69, 9.17) is 9.97 Å². The Morgan fingerprint density at radius 2 is 0.933 bits per heavy atom. The van der Waals surface area contributed by atoms with Crippen molar-refractivity contribution in [1.82, 2.24) is 29.6 Å². The van der Waals surface area contributed by atoms with Gasteiger partial charge in [-0.1, -0.05) is 26.0 Å². The van der Waals surface area contributed by atoms with E-state index in [9.17, 15) is 0 Å². The molecule has 0 radical (unpaired) electrons. The van der Waals surface area contributed by atoms with E-state index in [1.54, 1.807) is 0 Å². The number of aromatic nitrogens is 2. The van der Waals surface area contributed by atoms with Crippen LogP contribution in [0.2, 0.25) is 0 Å². The lowest BCUT2D eigenvalue weighted by molar-refractivity contribution is 0.132. The Morgan fingerprint density at radius 1 is 0.567 bits per heavy atom. The van der Waals surface area contributed by atoms with Crippen LogP contribution in [0, 0.1) is 0 Å². The van der Waals surface area contributed by atoms with E-state index in [0.29, 0.717) is 0 Å². The Morgan fingerprint density at radius 3 is 1.23 bits per heavy atom. The van der Waals surface area contributed by atoms with Crippen LogP contribution in [0.3, 0.4) is 0 Å². The summed E-state index contributed by atoms with van der Waals surface area (Å²) in [6, 6.07) is 8.64. The fraction of sp³-hybridized carbons (Fsp3) is 0.583. The Hall–Kier alpha value is -1.86. The summed E-state index contributed by atoms with van der Waals surface area (Å²) in [6.07, 6.45) is 4.04. The molecule has 0 amide bonds. The van der Waals surface area contributed by atoms with Crippen molar-refractivity contribution in [3.63, 3.8) is 0 Å². The van der Waals surface area contributed by atoms with Gasteiger partial charge in [-0.3, -0.25) is 19.8 Å². The molecule has 2 fully saturated rings. The van der Waals surface area contributed by atoms with Crippen molar-refractivity contribution in [3.05, 3.63) is 47.8 Å². The van der Waals surface area contributed by atoms with Crippen LogP contribution >= 0.6 is 0 Å². The van der Waals surface area contributed by atoms with Crippen LogP contribution in [0.25, 0.3) is 11.4 Å². The fourth-order valence-electron chi connectivity index (χ4n) is 4.38. The molecule has 0 aliphatic carbocycles. The van der Waals surface area contributed by atoms with E-state index in [2.05, 4.69) is 57.7 Å². The SMILES string of the molecule is CCN1CCN(Cc2ccc(-c3ccc(CN4CCN(CC)CC4)cn3)nc2)CC1. The van der Waals surface area contributed by atoms with Crippen molar-refractivity contribution in [2.75, 3.05) is 65.4 Å². The minimum absolute atomic E-state index is 0.956. The molecule has 0 atom stereocenters. The first-order valence-corrected chi connectivity index (χ1v) is 11.5. The van der Waals surface area contributed by atoms with Gasteiger partial charge < -0.3 is 9.80 Å². The molecule has 6 nitrogen and oxygen atoms in total. The van der Waals surface area contributed by atoms with Crippen molar-refractivity contribution in [1.29, 1.82) is 0 Å². The predicted molar refractivity (Wildman–Crippen MR) is 122 cm³/mol. The highest BCUT2D eigenvalue weighted by Crippen LogP contribution is 2.17. The summed E-state index contributed by atoms with van der Waals surface area (Å²) in [6.45, 7) is 18.1. The molecular formula is C24H36N6. The molecule has 4 heterocycles. The predicted octanol–water partition coefficient (Wildman–Crippen LogP) is 2.42. The lowest BCUT2D eigenvalue weighted by atomic mass is 10.1. The van der Waals surface area contributed by atoms with E-state index < -0.39 is 0 Å². The maximum absolute atomic E-state index is 4.69. The molecule has 4 rings (SSSR count). The summed E-state index contributed by atoms with van der Waals surface area (Å²) in [4.78, 5) is 19.5. The summed E-state index contributed by atoms with van der Waals surface area (Å²) in [7, 11) is 0. The third kappa shape index (κ3) is 5.64. The van der Waals surface area contributed by atoms with Crippen molar-refractivity contribution in [2.45, 2.75) is 26.9 Å². The molecule has 0 N–H and O–H groups in total. The monoisotopic (exact) mass is 408 g/mol. The van der Waals surface area contributed by atoms with Gasteiger partial charge >= 0.3 is 0 Å². The zero-order valence-corrected chi connectivity index (χ0v) is 18.6. The van der Waals surface area contributed by atoms with Crippen LogP contribution < -0.4 is 0 Å². The molecule has 0 aromatic carbocycles. The number of likely N-dealkylation sites (N-methyl/N-ethyl adjacent to an activating group) is 2. The van der Waals surface area contributed by atoms with Crippen molar-refractivity contribution in [3.8, 4) is 11.4 Å². The molecule has 0 bridgehead atoms. The zero-order valence-electron chi connectivity index (χ0n) is 18.6. The van der Waals surface area contributed by atoms with Crippen LogP contribution in [0.4, 0.5) is 0 Å². The average Bonchev–Trinajstić information content (AvgIpc) is 2.81. The van der Waals surface area contributed by atoms with Gasteiger partial charge in [0, 0.05) is 77.8 Å². The smallest absolute Gasteiger partial charge is 0.0886 e. The Bertz CT molecular complexity index is 692. The largest absolute Gasteiger partial charge is 0.301 e.